The number of carbonyl (C=O) groups is 1. The first-order valence-corrected chi connectivity index (χ1v) is 8.83. The van der Waals surface area contributed by atoms with Gasteiger partial charge in [-0.3, -0.25) is 4.79 Å². The maximum absolute atomic E-state index is 11.8. The molecule has 1 saturated carbocycles. The monoisotopic (exact) mass is 332 g/mol. The smallest absolute Gasteiger partial charge is 0.201 e. The maximum Gasteiger partial charge on any atom is 0.201 e. The van der Waals surface area contributed by atoms with E-state index < -0.39 is 11.7 Å². The lowest BCUT2D eigenvalue weighted by molar-refractivity contribution is -0.156. The SMILES string of the molecule is CC(C)c1cc(C=O)c2c(c1O)OC(O)[C@H]1C(C)(C)CCC[C@]21C. The van der Waals surface area contributed by atoms with Crippen molar-refractivity contribution in [2.45, 2.75) is 71.5 Å². The molecule has 1 aromatic rings. The minimum absolute atomic E-state index is 0.0584. The van der Waals surface area contributed by atoms with E-state index >= 15 is 0 Å². The Labute approximate surface area is 143 Å². The zero-order chi connectivity index (χ0) is 17.9. The molecular formula is C20H28O4. The van der Waals surface area contributed by atoms with Gasteiger partial charge in [-0.15, -0.1) is 0 Å². The lowest BCUT2D eigenvalue weighted by atomic mass is 9.52. The Kier molecular flexibility index (Phi) is 3.95. The Morgan fingerprint density at radius 3 is 2.54 bits per heavy atom. The standard InChI is InChI=1S/C20H28O4/c1-11(2)13-9-12(10-21)14-16(15(13)22)24-18(23)17-19(3,4)7-6-8-20(14,17)5/h9-11,17-18,22-23H,6-8H2,1-5H3/t17-,18?,20+/m0/s1. The predicted molar refractivity (Wildman–Crippen MR) is 92.7 cm³/mol. The number of rotatable bonds is 2. The number of ether oxygens (including phenoxy) is 1. The van der Waals surface area contributed by atoms with Crippen molar-refractivity contribution in [1.29, 1.82) is 0 Å². The van der Waals surface area contributed by atoms with Crippen LogP contribution in [-0.4, -0.2) is 22.8 Å². The van der Waals surface area contributed by atoms with E-state index in [9.17, 15) is 15.0 Å². The lowest BCUT2D eigenvalue weighted by Crippen LogP contribution is -2.55. The molecule has 1 aliphatic carbocycles. The van der Waals surface area contributed by atoms with E-state index in [2.05, 4.69) is 20.8 Å². The number of carbonyl (C=O) groups excluding carboxylic acids is 1. The summed E-state index contributed by atoms with van der Waals surface area (Å²) in [7, 11) is 0. The summed E-state index contributed by atoms with van der Waals surface area (Å²) in [4.78, 5) is 11.8. The van der Waals surface area contributed by atoms with Gasteiger partial charge in [-0.25, -0.2) is 0 Å². The molecule has 1 aromatic carbocycles. The van der Waals surface area contributed by atoms with Crippen molar-refractivity contribution in [2.24, 2.45) is 11.3 Å². The highest BCUT2D eigenvalue weighted by Crippen LogP contribution is 2.60. The van der Waals surface area contributed by atoms with Gasteiger partial charge in [0.15, 0.2) is 17.8 Å². The molecule has 1 unspecified atom stereocenters. The van der Waals surface area contributed by atoms with Crippen LogP contribution in [0, 0.1) is 11.3 Å². The molecule has 1 aliphatic heterocycles. The summed E-state index contributed by atoms with van der Waals surface area (Å²) in [6.07, 6.45) is 2.78. The number of phenolic OH excluding ortho intramolecular Hbond substituents is 1. The van der Waals surface area contributed by atoms with Crippen LogP contribution in [0.25, 0.3) is 0 Å². The quantitative estimate of drug-likeness (QED) is 0.799. The van der Waals surface area contributed by atoms with E-state index in [1.54, 1.807) is 6.07 Å². The van der Waals surface area contributed by atoms with Crippen molar-refractivity contribution in [3.05, 3.63) is 22.8 Å². The third kappa shape index (κ3) is 2.26. The van der Waals surface area contributed by atoms with E-state index in [0.717, 1.165) is 31.1 Å². The number of phenols is 1. The maximum atomic E-state index is 11.8. The number of hydrogen-bond donors (Lipinski definition) is 2. The Hall–Kier alpha value is -1.55. The molecule has 24 heavy (non-hydrogen) atoms. The highest BCUT2D eigenvalue weighted by Gasteiger charge is 2.56. The Morgan fingerprint density at radius 2 is 1.96 bits per heavy atom. The fourth-order valence-corrected chi connectivity index (χ4v) is 5.18. The second-order valence-corrected chi connectivity index (χ2v) is 8.63. The average molecular weight is 332 g/mol. The molecule has 0 bridgehead atoms. The van der Waals surface area contributed by atoms with Crippen LogP contribution in [0.1, 0.15) is 81.3 Å². The van der Waals surface area contributed by atoms with Crippen LogP contribution >= 0.6 is 0 Å². The molecule has 0 amide bonds. The molecule has 0 radical (unpaired) electrons. The van der Waals surface area contributed by atoms with Gasteiger partial charge in [-0.2, -0.15) is 0 Å². The summed E-state index contributed by atoms with van der Waals surface area (Å²) < 4.78 is 5.81. The Morgan fingerprint density at radius 1 is 1.29 bits per heavy atom. The fraction of sp³-hybridized carbons (Fsp3) is 0.650. The summed E-state index contributed by atoms with van der Waals surface area (Å²) in [6, 6.07) is 1.79. The number of aromatic hydroxyl groups is 1. The molecule has 3 rings (SSSR count). The van der Waals surface area contributed by atoms with Crippen molar-refractivity contribution >= 4 is 6.29 Å². The molecule has 2 N–H and O–H groups in total. The van der Waals surface area contributed by atoms with Crippen molar-refractivity contribution in [3.63, 3.8) is 0 Å². The van der Waals surface area contributed by atoms with Gasteiger partial charge in [0.1, 0.15) is 0 Å². The van der Waals surface area contributed by atoms with E-state index in [1.807, 2.05) is 13.8 Å². The van der Waals surface area contributed by atoms with Crippen LogP contribution in [-0.2, 0) is 5.41 Å². The number of benzene rings is 1. The summed E-state index contributed by atoms with van der Waals surface area (Å²) in [6.45, 7) is 10.3. The van der Waals surface area contributed by atoms with E-state index in [4.69, 9.17) is 4.74 Å². The predicted octanol–water partition coefficient (Wildman–Crippen LogP) is 4.12. The number of hydrogen-bond acceptors (Lipinski definition) is 4. The molecule has 3 atom stereocenters. The molecule has 4 nitrogen and oxygen atoms in total. The van der Waals surface area contributed by atoms with E-state index in [1.165, 1.54) is 0 Å². The first-order valence-electron chi connectivity index (χ1n) is 8.83. The minimum Gasteiger partial charge on any atom is -0.504 e. The zero-order valence-electron chi connectivity index (χ0n) is 15.2. The van der Waals surface area contributed by atoms with Crippen molar-refractivity contribution < 1.29 is 19.7 Å². The van der Waals surface area contributed by atoms with E-state index in [-0.39, 0.29) is 23.0 Å². The van der Waals surface area contributed by atoms with Gasteiger partial charge < -0.3 is 14.9 Å². The topological polar surface area (TPSA) is 66.8 Å². The second kappa shape index (κ2) is 5.48. The second-order valence-electron chi connectivity index (χ2n) is 8.63. The van der Waals surface area contributed by atoms with Crippen molar-refractivity contribution in [2.75, 3.05) is 0 Å². The Balaban J connectivity index is 2.31. The number of aldehydes is 1. The normalized spacial score (nSPS) is 31.1. The van der Waals surface area contributed by atoms with Gasteiger partial charge >= 0.3 is 0 Å². The van der Waals surface area contributed by atoms with Gasteiger partial charge in [0.05, 0.1) is 0 Å². The van der Waals surface area contributed by atoms with Gasteiger partial charge in [0.25, 0.3) is 0 Å². The molecule has 0 saturated heterocycles. The average Bonchev–Trinajstić information content (AvgIpc) is 2.46. The highest BCUT2D eigenvalue weighted by molar-refractivity contribution is 5.82. The molecule has 4 heteroatoms. The lowest BCUT2D eigenvalue weighted by Gasteiger charge is -2.55. The van der Waals surface area contributed by atoms with Gasteiger partial charge in [0, 0.05) is 28.0 Å². The number of aliphatic hydroxyl groups excluding tert-OH is 1. The van der Waals surface area contributed by atoms with Crippen molar-refractivity contribution in [3.8, 4) is 11.5 Å². The summed E-state index contributed by atoms with van der Waals surface area (Å²) >= 11 is 0. The minimum atomic E-state index is -0.981. The van der Waals surface area contributed by atoms with Gasteiger partial charge in [-0.1, -0.05) is 41.0 Å². The van der Waals surface area contributed by atoms with Crippen LogP contribution in [0.2, 0.25) is 0 Å². The summed E-state index contributed by atoms with van der Waals surface area (Å²) in [5, 5.41) is 21.5. The third-order valence-electron chi connectivity index (χ3n) is 6.20. The summed E-state index contributed by atoms with van der Waals surface area (Å²) in [5.41, 5.74) is 1.53. The van der Waals surface area contributed by atoms with Crippen LogP contribution in [0.5, 0.6) is 11.5 Å². The molecular weight excluding hydrogens is 304 g/mol. The molecule has 1 heterocycles. The van der Waals surface area contributed by atoms with Crippen LogP contribution in [0.15, 0.2) is 6.07 Å². The van der Waals surface area contributed by atoms with Crippen LogP contribution in [0.3, 0.4) is 0 Å². The molecule has 0 spiro atoms. The first kappa shape index (κ1) is 17.3. The molecule has 0 aromatic heterocycles. The van der Waals surface area contributed by atoms with E-state index in [0.29, 0.717) is 16.9 Å². The fourth-order valence-electron chi connectivity index (χ4n) is 5.18. The first-order chi connectivity index (χ1) is 11.1. The molecule has 1 fully saturated rings. The Bertz CT molecular complexity index is 677. The van der Waals surface area contributed by atoms with Gasteiger partial charge in [0.2, 0.25) is 6.29 Å². The number of aliphatic hydroxyl groups is 1. The van der Waals surface area contributed by atoms with Gasteiger partial charge in [-0.05, 0) is 30.2 Å². The third-order valence-corrected chi connectivity index (χ3v) is 6.20. The molecule has 2 aliphatic rings. The van der Waals surface area contributed by atoms with Crippen LogP contribution < -0.4 is 4.74 Å². The largest absolute Gasteiger partial charge is 0.504 e. The van der Waals surface area contributed by atoms with Crippen molar-refractivity contribution in [1.82, 2.24) is 0 Å². The highest BCUT2D eigenvalue weighted by atomic mass is 16.6. The molecule has 132 valence electrons. The van der Waals surface area contributed by atoms with Crippen LogP contribution in [0.4, 0.5) is 0 Å². The zero-order valence-corrected chi connectivity index (χ0v) is 15.2. The summed E-state index contributed by atoms with van der Waals surface area (Å²) in [5.74, 6) is 0.303. The number of fused-ring (bicyclic) bond motifs is 3.